The molecule has 1 heterocycles. The van der Waals surface area contributed by atoms with E-state index >= 15 is 0 Å². The molecule has 11 heteroatoms. The van der Waals surface area contributed by atoms with Gasteiger partial charge in [0.2, 0.25) is 0 Å². The van der Waals surface area contributed by atoms with Crippen molar-refractivity contribution in [1.29, 1.82) is 0 Å². The van der Waals surface area contributed by atoms with Crippen molar-refractivity contribution in [1.82, 2.24) is 9.78 Å². The van der Waals surface area contributed by atoms with Gasteiger partial charge in [0.25, 0.3) is 5.91 Å². The van der Waals surface area contributed by atoms with Gasteiger partial charge in [0.15, 0.2) is 11.5 Å². The van der Waals surface area contributed by atoms with Gasteiger partial charge in [0.1, 0.15) is 5.82 Å². The molecule has 2 aliphatic rings. The van der Waals surface area contributed by atoms with Gasteiger partial charge in [-0.25, -0.2) is 9.07 Å². The minimum Gasteiger partial charge on any atom is -0.391 e. The third-order valence-electron chi connectivity index (χ3n) is 6.20. The van der Waals surface area contributed by atoms with Crippen LogP contribution in [0.25, 0.3) is 5.69 Å². The van der Waals surface area contributed by atoms with E-state index in [1.807, 2.05) is 0 Å². The normalized spacial score (nSPS) is 22.3. The third kappa shape index (κ3) is 4.21. The van der Waals surface area contributed by atoms with Gasteiger partial charge in [-0.15, -0.1) is 0 Å². The van der Waals surface area contributed by atoms with Crippen LogP contribution >= 0.6 is 0 Å². The van der Waals surface area contributed by atoms with E-state index in [-0.39, 0.29) is 29.9 Å². The van der Waals surface area contributed by atoms with E-state index in [2.05, 4.69) is 10.4 Å². The van der Waals surface area contributed by atoms with Gasteiger partial charge in [-0.2, -0.15) is 18.3 Å². The molecular formula is C22H24F4N4O3. The molecule has 4 N–H and O–H groups in total. The summed E-state index contributed by atoms with van der Waals surface area (Å²) in [5.74, 6) is -2.79. The van der Waals surface area contributed by atoms with E-state index in [0.29, 0.717) is 19.3 Å². The first kappa shape index (κ1) is 23.2. The molecule has 1 fully saturated rings. The predicted octanol–water partition coefficient (Wildman–Crippen LogP) is 3.61. The number of anilines is 1. The third-order valence-corrected chi connectivity index (χ3v) is 6.20. The Morgan fingerprint density at radius 2 is 1.97 bits per heavy atom. The highest BCUT2D eigenvalue weighted by molar-refractivity contribution is 6.01. The number of carbonyl (C=O) groups excluding carboxylic acids is 2. The van der Waals surface area contributed by atoms with Crippen LogP contribution in [-0.2, 0) is 12.6 Å². The Labute approximate surface area is 186 Å². The fraction of sp³-hybridized carbons (Fsp3) is 0.500. The number of nitrogens with one attached hydrogen (secondary N) is 1. The Kier molecular flexibility index (Phi) is 5.50. The van der Waals surface area contributed by atoms with E-state index in [4.69, 9.17) is 5.73 Å². The molecule has 2 aromatic rings. The number of alkyl halides is 3. The summed E-state index contributed by atoms with van der Waals surface area (Å²) in [6, 6.07) is 1.67. The summed E-state index contributed by atoms with van der Waals surface area (Å²) in [5.41, 5.74) is 2.31. The molecule has 0 saturated heterocycles. The number of rotatable bonds is 4. The van der Waals surface area contributed by atoms with Gasteiger partial charge < -0.3 is 16.2 Å². The lowest BCUT2D eigenvalue weighted by Crippen LogP contribution is -2.30. The monoisotopic (exact) mass is 468 g/mol. The lowest BCUT2D eigenvalue weighted by molar-refractivity contribution is -0.141. The van der Waals surface area contributed by atoms with Crippen LogP contribution in [0, 0.1) is 11.2 Å². The van der Waals surface area contributed by atoms with Crippen LogP contribution in [0.3, 0.4) is 0 Å². The van der Waals surface area contributed by atoms with Crippen LogP contribution in [0.15, 0.2) is 12.1 Å². The number of carbonyl (C=O) groups is 2. The van der Waals surface area contributed by atoms with E-state index in [9.17, 15) is 32.3 Å². The number of ketones is 1. The minimum atomic E-state index is -4.88. The fourth-order valence-corrected chi connectivity index (χ4v) is 4.75. The average molecular weight is 468 g/mol. The second kappa shape index (κ2) is 7.82. The van der Waals surface area contributed by atoms with E-state index in [0.717, 1.165) is 10.7 Å². The number of fused-ring (bicyclic) bond motifs is 1. The van der Waals surface area contributed by atoms with Gasteiger partial charge in [-0.1, -0.05) is 13.8 Å². The Hall–Kier alpha value is -2.95. The standard InChI is InChI=1S/C22H24F4N4O3/c1-21(2)8-14-18(16(32)9-21)19(22(24,25)26)29-30(14)10-6-11(23)17(20(27)33)13(7-10)28-12-4-3-5-15(12)31/h6-7,12,15,28,31H,3-5,8-9H2,1-2H3,(H2,27,33). The van der Waals surface area contributed by atoms with Crippen LogP contribution in [0.1, 0.15) is 71.6 Å². The molecule has 0 spiro atoms. The summed E-state index contributed by atoms with van der Waals surface area (Å²) in [5, 5.41) is 16.7. The van der Waals surface area contributed by atoms with Crippen LogP contribution in [-0.4, -0.2) is 38.7 Å². The maximum absolute atomic E-state index is 15.0. The zero-order valence-corrected chi connectivity index (χ0v) is 18.1. The van der Waals surface area contributed by atoms with E-state index < -0.39 is 58.1 Å². The number of aliphatic hydroxyl groups is 1. The number of nitrogens with zero attached hydrogens (tertiary/aromatic N) is 2. The molecule has 2 unspecified atom stereocenters. The first-order valence-electron chi connectivity index (χ1n) is 10.6. The number of amides is 1. The summed E-state index contributed by atoms with van der Waals surface area (Å²) in [6.45, 7) is 3.51. The average Bonchev–Trinajstić information content (AvgIpc) is 3.23. The van der Waals surface area contributed by atoms with Gasteiger partial charge >= 0.3 is 6.18 Å². The van der Waals surface area contributed by atoms with Crippen molar-refractivity contribution in [3.63, 3.8) is 0 Å². The topological polar surface area (TPSA) is 110 Å². The maximum Gasteiger partial charge on any atom is 0.435 e. The van der Waals surface area contributed by atoms with E-state index in [1.165, 1.54) is 6.07 Å². The first-order valence-corrected chi connectivity index (χ1v) is 10.6. The highest BCUT2D eigenvalue weighted by Crippen LogP contribution is 2.42. The van der Waals surface area contributed by atoms with Crippen molar-refractivity contribution in [2.75, 3.05) is 5.32 Å². The molecule has 2 aliphatic carbocycles. The van der Waals surface area contributed by atoms with Crippen molar-refractivity contribution >= 4 is 17.4 Å². The van der Waals surface area contributed by atoms with Crippen molar-refractivity contribution in [3.05, 3.63) is 40.5 Å². The lowest BCUT2D eigenvalue weighted by atomic mass is 9.75. The number of nitrogens with two attached hydrogens (primary N) is 1. The summed E-state index contributed by atoms with van der Waals surface area (Å²) in [4.78, 5) is 24.5. The Bertz CT molecular complexity index is 1140. The van der Waals surface area contributed by atoms with Crippen molar-refractivity contribution in [2.45, 2.75) is 64.3 Å². The number of primary amides is 1. The van der Waals surface area contributed by atoms with Gasteiger partial charge in [0, 0.05) is 12.5 Å². The molecule has 0 bridgehead atoms. The fourth-order valence-electron chi connectivity index (χ4n) is 4.75. The van der Waals surface area contributed by atoms with Crippen LogP contribution in [0.4, 0.5) is 23.2 Å². The summed E-state index contributed by atoms with van der Waals surface area (Å²) in [6.07, 6.45) is -3.78. The van der Waals surface area contributed by atoms with Crippen molar-refractivity contribution in [3.8, 4) is 5.69 Å². The molecule has 0 aliphatic heterocycles. The van der Waals surface area contributed by atoms with Crippen molar-refractivity contribution < 1.29 is 32.3 Å². The van der Waals surface area contributed by atoms with E-state index in [1.54, 1.807) is 13.8 Å². The second-order valence-electron chi connectivity index (χ2n) is 9.48. The molecule has 4 rings (SSSR count). The summed E-state index contributed by atoms with van der Waals surface area (Å²) >= 11 is 0. The van der Waals surface area contributed by atoms with Gasteiger partial charge in [-0.05, 0) is 37.2 Å². The molecule has 2 atom stereocenters. The maximum atomic E-state index is 15.0. The smallest absolute Gasteiger partial charge is 0.391 e. The van der Waals surface area contributed by atoms with Gasteiger partial charge in [-0.3, -0.25) is 9.59 Å². The number of halogens is 4. The molecule has 178 valence electrons. The minimum absolute atomic E-state index is 0.0293. The number of benzene rings is 1. The summed E-state index contributed by atoms with van der Waals surface area (Å²) < 4.78 is 57.0. The van der Waals surface area contributed by atoms with Crippen molar-refractivity contribution in [2.24, 2.45) is 11.1 Å². The predicted molar refractivity (Wildman–Crippen MR) is 111 cm³/mol. The summed E-state index contributed by atoms with van der Waals surface area (Å²) in [7, 11) is 0. The number of Topliss-reactive ketones (excluding diaryl/α,β-unsaturated/α-hetero) is 1. The number of hydrogen-bond acceptors (Lipinski definition) is 5. The molecule has 33 heavy (non-hydrogen) atoms. The first-order chi connectivity index (χ1) is 15.3. The highest BCUT2D eigenvalue weighted by atomic mass is 19.4. The SMILES string of the molecule is CC1(C)CC(=O)c2c(C(F)(F)F)nn(-c3cc(F)c(C(N)=O)c(NC4CCCC4O)c3)c2C1. The van der Waals surface area contributed by atoms with Crippen LogP contribution in [0.5, 0.6) is 0 Å². The lowest BCUT2D eigenvalue weighted by Gasteiger charge is -2.29. The molecule has 1 amide bonds. The molecule has 7 nitrogen and oxygen atoms in total. The number of aromatic nitrogens is 2. The number of hydrogen-bond donors (Lipinski definition) is 3. The van der Waals surface area contributed by atoms with Gasteiger partial charge in [0.05, 0.1) is 40.3 Å². The largest absolute Gasteiger partial charge is 0.435 e. The highest BCUT2D eigenvalue weighted by Gasteiger charge is 2.45. The molecular weight excluding hydrogens is 444 g/mol. The molecule has 1 aromatic heterocycles. The van der Waals surface area contributed by atoms with Crippen LogP contribution < -0.4 is 11.1 Å². The van der Waals surface area contributed by atoms with Crippen LogP contribution in [0.2, 0.25) is 0 Å². The zero-order valence-electron chi connectivity index (χ0n) is 18.1. The number of aliphatic hydroxyl groups excluding tert-OH is 1. The quantitative estimate of drug-likeness (QED) is 0.594. The molecule has 1 aromatic carbocycles. The Morgan fingerprint density at radius 3 is 2.55 bits per heavy atom. The zero-order chi connectivity index (χ0) is 24.3. The second-order valence-corrected chi connectivity index (χ2v) is 9.48. The molecule has 0 radical (unpaired) electrons. The Balaban J connectivity index is 1.91. The molecule has 1 saturated carbocycles. The Morgan fingerprint density at radius 1 is 1.27 bits per heavy atom.